The van der Waals surface area contributed by atoms with Crippen LogP contribution in [0.5, 0.6) is 0 Å². The van der Waals surface area contributed by atoms with Gasteiger partial charge in [0.05, 0.1) is 0 Å². The third kappa shape index (κ3) is 2.14. The lowest BCUT2D eigenvalue weighted by molar-refractivity contribution is -0.264. The van der Waals surface area contributed by atoms with Crippen LogP contribution in [0.3, 0.4) is 0 Å². The van der Waals surface area contributed by atoms with Gasteiger partial charge in [-0.25, -0.2) is 0 Å². The first-order valence-corrected chi connectivity index (χ1v) is 4.38. The zero-order chi connectivity index (χ0) is 10.1. The number of aliphatic hydroxyl groups is 1. The fourth-order valence-corrected chi connectivity index (χ4v) is 1.53. The van der Waals surface area contributed by atoms with Crippen LogP contribution in [0.4, 0.5) is 13.2 Å². The van der Waals surface area contributed by atoms with Crippen LogP contribution in [-0.4, -0.2) is 29.5 Å². The minimum Gasteiger partial charge on any atom is -0.379 e. The van der Waals surface area contributed by atoms with Crippen molar-refractivity contribution in [1.82, 2.24) is 5.32 Å². The number of halogens is 3. The number of rotatable bonds is 1. The molecule has 0 spiro atoms. The molecular formula is C8H14F3NO. The molecule has 1 saturated heterocycles. The number of hydrogen-bond donors (Lipinski definition) is 2. The Morgan fingerprint density at radius 3 is 2.31 bits per heavy atom. The molecule has 0 amide bonds. The van der Waals surface area contributed by atoms with Crippen LogP contribution in [0.25, 0.3) is 0 Å². The van der Waals surface area contributed by atoms with E-state index in [-0.39, 0.29) is 0 Å². The normalized spacial score (nSPS) is 29.8. The quantitative estimate of drug-likeness (QED) is 0.666. The lowest BCUT2D eigenvalue weighted by Crippen LogP contribution is -2.59. The molecule has 2 nitrogen and oxygen atoms in total. The Labute approximate surface area is 75.1 Å². The summed E-state index contributed by atoms with van der Waals surface area (Å²) in [4.78, 5) is 0. The Bertz CT molecular complexity index is 173. The van der Waals surface area contributed by atoms with Crippen molar-refractivity contribution in [2.45, 2.75) is 44.0 Å². The van der Waals surface area contributed by atoms with E-state index in [0.717, 1.165) is 19.8 Å². The van der Waals surface area contributed by atoms with Gasteiger partial charge < -0.3 is 10.4 Å². The van der Waals surface area contributed by atoms with E-state index in [9.17, 15) is 18.3 Å². The maximum absolute atomic E-state index is 12.3. The van der Waals surface area contributed by atoms with Crippen molar-refractivity contribution in [2.24, 2.45) is 0 Å². The zero-order valence-electron chi connectivity index (χ0n) is 7.49. The lowest BCUT2D eigenvalue weighted by Gasteiger charge is -2.37. The fourth-order valence-electron chi connectivity index (χ4n) is 1.53. The molecule has 13 heavy (non-hydrogen) atoms. The van der Waals surface area contributed by atoms with Gasteiger partial charge in [0.15, 0.2) is 5.60 Å². The molecule has 2 N–H and O–H groups in total. The van der Waals surface area contributed by atoms with Crippen LogP contribution < -0.4 is 5.32 Å². The zero-order valence-corrected chi connectivity index (χ0v) is 7.49. The molecule has 0 aromatic rings. The Kier molecular flexibility index (Phi) is 2.87. The first kappa shape index (κ1) is 10.8. The summed E-state index contributed by atoms with van der Waals surface area (Å²) in [5, 5.41) is 12.0. The molecule has 0 aromatic heterocycles. The summed E-state index contributed by atoms with van der Waals surface area (Å²) in [6.07, 6.45) is -2.55. The van der Waals surface area contributed by atoms with Crippen LogP contribution >= 0.6 is 0 Å². The van der Waals surface area contributed by atoms with E-state index in [4.69, 9.17) is 0 Å². The summed E-state index contributed by atoms with van der Waals surface area (Å²) in [5.41, 5.74) is -2.60. The van der Waals surface area contributed by atoms with Gasteiger partial charge in [-0.1, -0.05) is 6.42 Å². The van der Waals surface area contributed by atoms with Crippen molar-refractivity contribution >= 4 is 0 Å². The van der Waals surface area contributed by atoms with Crippen LogP contribution in [-0.2, 0) is 0 Å². The van der Waals surface area contributed by atoms with Gasteiger partial charge in [-0.3, -0.25) is 0 Å². The summed E-state index contributed by atoms with van der Waals surface area (Å²) < 4.78 is 37.0. The number of piperidine rings is 1. The predicted octanol–water partition coefficient (Wildman–Crippen LogP) is 1.44. The Morgan fingerprint density at radius 1 is 1.31 bits per heavy atom. The number of hydrogen-bond acceptors (Lipinski definition) is 2. The summed E-state index contributed by atoms with van der Waals surface area (Å²) in [7, 11) is 0. The third-order valence-corrected chi connectivity index (χ3v) is 2.56. The van der Waals surface area contributed by atoms with Crippen molar-refractivity contribution in [2.75, 3.05) is 6.54 Å². The standard InChI is InChI=1S/C8H14F3NO/c1-7(13,8(9,10)11)6-4-2-3-5-12-6/h6,12-13H,2-5H2,1H3/t6-,7-/m1/s1. The van der Waals surface area contributed by atoms with E-state index in [1.54, 1.807) is 0 Å². The van der Waals surface area contributed by atoms with Gasteiger partial charge in [0, 0.05) is 6.04 Å². The molecule has 78 valence electrons. The summed E-state index contributed by atoms with van der Waals surface area (Å²) in [5.74, 6) is 0. The van der Waals surface area contributed by atoms with Gasteiger partial charge in [-0.05, 0) is 26.3 Å². The van der Waals surface area contributed by atoms with Gasteiger partial charge in [0.25, 0.3) is 0 Å². The van der Waals surface area contributed by atoms with Crippen LogP contribution in [0.2, 0.25) is 0 Å². The Hall–Kier alpha value is -0.290. The number of alkyl halides is 3. The first-order chi connectivity index (χ1) is 5.86. The minimum absolute atomic E-state index is 0.381. The van der Waals surface area contributed by atoms with Crippen molar-refractivity contribution in [3.05, 3.63) is 0 Å². The van der Waals surface area contributed by atoms with Crippen molar-refractivity contribution in [1.29, 1.82) is 0 Å². The van der Waals surface area contributed by atoms with Crippen molar-refractivity contribution in [3.8, 4) is 0 Å². The van der Waals surface area contributed by atoms with E-state index in [2.05, 4.69) is 5.32 Å². The monoisotopic (exact) mass is 197 g/mol. The van der Waals surface area contributed by atoms with Crippen LogP contribution in [0.1, 0.15) is 26.2 Å². The molecule has 0 aliphatic carbocycles. The van der Waals surface area contributed by atoms with E-state index < -0.39 is 17.8 Å². The molecule has 1 fully saturated rings. The molecule has 2 atom stereocenters. The SMILES string of the molecule is C[C@@](O)([C@H]1CCCCN1)C(F)(F)F. The molecule has 5 heteroatoms. The smallest absolute Gasteiger partial charge is 0.379 e. The largest absolute Gasteiger partial charge is 0.418 e. The summed E-state index contributed by atoms with van der Waals surface area (Å²) in [6, 6.07) is -0.860. The molecule has 1 heterocycles. The number of nitrogens with one attached hydrogen (secondary N) is 1. The average molecular weight is 197 g/mol. The van der Waals surface area contributed by atoms with Crippen molar-refractivity contribution in [3.63, 3.8) is 0 Å². The maximum Gasteiger partial charge on any atom is 0.418 e. The van der Waals surface area contributed by atoms with Gasteiger partial charge in [0.2, 0.25) is 0 Å². The molecule has 1 aliphatic rings. The summed E-state index contributed by atoms with van der Waals surface area (Å²) in [6.45, 7) is 1.38. The fraction of sp³-hybridized carbons (Fsp3) is 1.00. The molecule has 1 aliphatic heterocycles. The highest BCUT2D eigenvalue weighted by Crippen LogP contribution is 2.35. The van der Waals surface area contributed by atoms with Gasteiger partial charge >= 0.3 is 6.18 Å². The predicted molar refractivity (Wildman–Crippen MR) is 42.3 cm³/mol. The third-order valence-electron chi connectivity index (χ3n) is 2.56. The summed E-state index contributed by atoms with van der Waals surface area (Å²) >= 11 is 0. The Balaban J connectivity index is 2.67. The maximum atomic E-state index is 12.3. The van der Waals surface area contributed by atoms with E-state index in [1.165, 1.54) is 0 Å². The molecule has 0 unspecified atom stereocenters. The van der Waals surface area contributed by atoms with Gasteiger partial charge in [-0.15, -0.1) is 0 Å². The van der Waals surface area contributed by atoms with Crippen LogP contribution in [0.15, 0.2) is 0 Å². The van der Waals surface area contributed by atoms with E-state index in [1.807, 2.05) is 0 Å². The highest BCUT2D eigenvalue weighted by Gasteiger charge is 2.54. The second-order valence-electron chi connectivity index (χ2n) is 3.65. The second kappa shape index (κ2) is 3.46. The molecular weight excluding hydrogens is 183 g/mol. The van der Waals surface area contributed by atoms with Gasteiger partial charge in [-0.2, -0.15) is 13.2 Å². The average Bonchev–Trinajstić information content (AvgIpc) is 2.04. The van der Waals surface area contributed by atoms with Gasteiger partial charge in [0.1, 0.15) is 0 Å². The van der Waals surface area contributed by atoms with E-state index >= 15 is 0 Å². The molecule has 0 aromatic carbocycles. The topological polar surface area (TPSA) is 32.3 Å². The van der Waals surface area contributed by atoms with E-state index in [0.29, 0.717) is 13.0 Å². The first-order valence-electron chi connectivity index (χ1n) is 4.38. The van der Waals surface area contributed by atoms with Crippen molar-refractivity contribution < 1.29 is 18.3 Å². The molecule has 0 saturated carbocycles. The lowest BCUT2D eigenvalue weighted by atomic mass is 9.89. The van der Waals surface area contributed by atoms with Crippen LogP contribution in [0, 0.1) is 0 Å². The highest BCUT2D eigenvalue weighted by atomic mass is 19.4. The second-order valence-corrected chi connectivity index (χ2v) is 3.65. The molecule has 0 radical (unpaired) electrons. The Morgan fingerprint density at radius 2 is 1.92 bits per heavy atom. The molecule has 0 bridgehead atoms. The molecule has 1 rings (SSSR count). The highest BCUT2D eigenvalue weighted by molar-refractivity contribution is 4.95. The minimum atomic E-state index is -4.55.